The summed E-state index contributed by atoms with van der Waals surface area (Å²) in [5.41, 5.74) is 4.44. The third kappa shape index (κ3) is 4.91. The predicted octanol–water partition coefficient (Wildman–Crippen LogP) is 3.24. The molecular formula is C21H21N3O4S. The first-order valence-corrected chi connectivity index (χ1v) is 10.3. The molecule has 0 bridgehead atoms. The van der Waals surface area contributed by atoms with Crippen molar-refractivity contribution < 1.29 is 17.6 Å². The van der Waals surface area contributed by atoms with Crippen molar-refractivity contribution in [3.63, 3.8) is 0 Å². The lowest BCUT2D eigenvalue weighted by Crippen LogP contribution is -2.40. The van der Waals surface area contributed by atoms with Crippen LogP contribution < -0.4 is 9.73 Å². The van der Waals surface area contributed by atoms with E-state index in [1.54, 1.807) is 49.4 Å². The van der Waals surface area contributed by atoms with Crippen LogP contribution in [0.25, 0.3) is 0 Å². The number of nitrogens with one attached hydrogen (secondary N) is 1. The number of benzene rings is 2. The Balaban J connectivity index is 1.88. The van der Waals surface area contributed by atoms with E-state index < -0.39 is 22.5 Å². The van der Waals surface area contributed by atoms with Gasteiger partial charge in [0.1, 0.15) is 12.3 Å². The summed E-state index contributed by atoms with van der Waals surface area (Å²) >= 11 is 0. The molecule has 0 saturated carbocycles. The molecule has 1 amide bonds. The molecule has 0 atom stereocenters. The van der Waals surface area contributed by atoms with Crippen LogP contribution >= 0.6 is 0 Å². The van der Waals surface area contributed by atoms with Crippen molar-refractivity contribution in [2.45, 2.75) is 18.7 Å². The molecule has 0 radical (unpaired) electrons. The molecule has 0 aliphatic carbocycles. The van der Waals surface area contributed by atoms with E-state index in [0.29, 0.717) is 11.4 Å². The second kappa shape index (κ2) is 8.74. The van der Waals surface area contributed by atoms with Crippen LogP contribution in [0.4, 0.5) is 5.69 Å². The van der Waals surface area contributed by atoms with Gasteiger partial charge in [-0.1, -0.05) is 35.9 Å². The second-order valence-corrected chi connectivity index (χ2v) is 8.28. The van der Waals surface area contributed by atoms with Gasteiger partial charge >= 0.3 is 0 Å². The Kier molecular flexibility index (Phi) is 6.13. The largest absolute Gasteiger partial charge is 0.463 e. The monoisotopic (exact) mass is 411 g/mol. The molecule has 8 heteroatoms. The molecule has 150 valence electrons. The maximum absolute atomic E-state index is 13.3. The molecule has 1 heterocycles. The first-order chi connectivity index (χ1) is 13.9. The Hall–Kier alpha value is -3.39. The van der Waals surface area contributed by atoms with E-state index in [2.05, 4.69) is 10.5 Å². The summed E-state index contributed by atoms with van der Waals surface area (Å²) in [6, 6.07) is 16.9. The molecule has 0 saturated heterocycles. The molecular weight excluding hydrogens is 390 g/mol. The molecule has 1 aromatic heterocycles. The van der Waals surface area contributed by atoms with Crippen LogP contribution in [-0.4, -0.2) is 27.1 Å². The number of hydrogen-bond donors (Lipinski definition) is 1. The number of hydrazone groups is 1. The number of amides is 1. The van der Waals surface area contributed by atoms with Gasteiger partial charge in [0.15, 0.2) is 0 Å². The number of anilines is 1. The summed E-state index contributed by atoms with van der Waals surface area (Å²) in [5, 5.41) is 3.81. The summed E-state index contributed by atoms with van der Waals surface area (Å²) < 4.78 is 32.8. The summed E-state index contributed by atoms with van der Waals surface area (Å²) in [6.07, 6.45) is 2.82. The fraction of sp³-hybridized carbons (Fsp3) is 0.143. The van der Waals surface area contributed by atoms with Crippen molar-refractivity contribution in [2.75, 3.05) is 10.8 Å². The number of para-hydroxylation sites is 1. The molecule has 0 spiro atoms. The fourth-order valence-electron chi connectivity index (χ4n) is 2.68. The van der Waals surface area contributed by atoms with Crippen LogP contribution in [-0.2, 0) is 14.8 Å². The molecule has 29 heavy (non-hydrogen) atoms. The summed E-state index contributed by atoms with van der Waals surface area (Å²) in [4.78, 5) is 12.5. The molecule has 0 fully saturated rings. The standard InChI is InChI=1S/C21H21N3O4S/c1-16-9-11-19(12-10-16)29(26,27)24(20-8-4-3-6-17(20)2)15-21(25)23-22-14-18-7-5-13-28-18/h3-14H,15H2,1-2H3,(H,23,25)/b22-14+. The van der Waals surface area contributed by atoms with Gasteiger partial charge in [-0.15, -0.1) is 0 Å². The van der Waals surface area contributed by atoms with Crippen LogP contribution in [0, 0.1) is 13.8 Å². The Morgan fingerprint density at radius 1 is 1.07 bits per heavy atom. The van der Waals surface area contributed by atoms with Gasteiger partial charge in [-0.05, 0) is 49.7 Å². The number of rotatable bonds is 7. The molecule has 0 aliphatic rings. The van der Waals surface area contributed by atoms with Gasteiger partial charge in [-0.2, -0.15) is 5.10 Å². The average molecular weight is 411 g/mol. The number of carbonyl (C=O) groups excluding carboxylic acids is 1. The number of carbonyl (C=O) groups is 1. The van der Waals surface area contributed by atoms with E-state index in [1.807, 2.05) is 13.0 Å². The Bertz CT molecular complexity index is 1110. The van der Waals surface area contributed by atoms with E-state index in [4.69, 9.17) is 4.42 Å². The molecule has 0 aliphatic heterocycles. The van der Waals surface area contributed by atoms with Gasteiger partial charge in [0, 0.05) is 0 Å². The van der Waals surface area contributed by atoms with Crippen molar-refractivity contribution in [1.82, 2.24) is 5.43 Å². The summed E-state index contributed by atoms with van der Waals surface area (Å²) in [7, 11) is -3.95. The van der Waals surface area contributed by atoms with Crippen molar-refractivity contribution >= 4 is 27.8 Å². The van der Waals surface area contributed by atoms with E-state index >= 15 is 0 Å². The first kappa shape index (κ1) is 20.3. The highest BCUT2D eigenvalue weighted by Gasteiger charge is 2.28. The van der Waals surface area contributed by atoms with Crippen LogP contribution in [0.2, 0.25) is 0 Å². The van der Waals surface area contributed by atoms with E-state index in [1.165, 1.54) is 24.6 Å². The maximum Gasteiger partial charge on any atom is 0.264 e. The van der Waals surface area contributed by atoms with Crippen molar-refractivity contribution in [3.05, 3.63) is 83.8 Å². The smallest absolute Gasteiger partial charge is 0.264 e. The summed E-state index contributed by atoms with van der Waals surface area (Å²) in [5.74, 6) is -0.111. The maximum atomic E-state index is 13.3. The number of aryl methyl sites for hydroxylation is 2. The van der Waals surface area contributed by atoms with Gasteiger partial charge in [0.25, 0.3) is 15.9 Å². The third-order valence-corrected chi connectivity index (χ3v) is 5.98. The molecule has 0 unspecified atom stereocenters. The van der Waals surface area contributed by atoms with Crippen LogP contribution in [0.5, 0.6) is 0 Å². The Morgan fingerprint density at radius 3 is 2.45 bits per heavy atom. The highest BCUT2D eigenvalue weighted by Crippen LogP contribution is 2.26. The van der Waals surface area contributed by atoms with Crippen molar-refractivity contribution in [1.29, 1.82) is 0 Å². The number of sulfonamides is 1. The van der Waals surface area contributed by atoms with Gasteiger partial charge in [-0.25, -0.2) is 13.8 Å². The highest BCUT2D eigenvalue weighted by molar-refractivity contribution is 7.92. The second-order valence-electron chi connectivity index (χ2n) is 6.42. The molecule has 3 rings (SSSR count). The van der Waals surface area contributed by atoms with Gasteiger partial charge in [0.05, 0.1) is 23.1 Å². The van der Waals surface area contributed by atoms with Crippen LogP contribution in [0.1, 0.15) is 16.9 Å². The number of furan rings is 1. The number of hydrogen-bond acceptors (Lipinski definition) is 5. The lowest BCUT2D eigenvalue weighted by Gasteiger charge is -2.25. The third-order valence-electron chi connectivity index (χ3n) is 4.20. The van der Waals surface area contributed by atoms with Gasteiger partial charge < -0.3 is 4.42 Å². The lowest BCUT2D eigenvalue weighted by atomic mass is 10.2. The fourth-order valence-corrected chi connectivity index (χ4v) is 4.16. The predicted molar refractivity (Wildman–Crippen MR) is 111 cm³/mol. The zero-order valence-corrected chi connectivity index (χ0v) is 16.9. The topological polar surface area (TPSA) is 92.0 Å². The molecule has 1 N–H and O–H groups in total. The van der Waals surface area contributed by atoms with E-state index in [0.717, 1.165) is 15.4 Å². The summed E-state index contributed by atoms with van der Waals surface area (Å²) in [6.45, 7) is 3.25. The average Bonchev–Trinajstić information content (AvgIpc) is 3.20. The van der Waals surface area contributed by atoms with Gasteiger partial charge in [0.2, 0.25) is 0 Å². The molecule has 7 nitrogen and oxygen atoms in total. The minimum Gasteiger partial charge on any atom is -0.463 e. The zero-order chi connectivity index (χ0) is 20.9. The molecule has 3 aromatic rings. The SMILES string of the molecule is Cc1ccc(S(=O)(=O)N(CC(=O)N/N=C/c2ccco2)c2ccccc2C)cc1. The lowest BCUT2D eigenvalue weighted by molar-refractivity contribution is -0.119. The minimum absolute atomic E-state index is 0.109. The first-order valence-electron chi connectivity index (χ1n) is 8.88. The van der Waals surface area contributed by atoms with Crippen molar-refractivity contribution in [3.8, 4) is 0 Å². The normalized spacial score (nSPS) is 11.5. The minimum atomic E-state index is -3.95. The quantitative estimate of drug-likeness (QED) is 0.477. The highest BCUT2D eigenvalue weighted by atomic mass is 32.2. The number of nitrogens with zero attached hydrogens (tertiary/aromatic N) is 2. The van der Waals surface area contributed by atoms with E-state index in [-0.39, 0.29) is 4.90 Å². The Morgan fingerprint density at radius 2 is 1.79 bits per heavy atom. The van der Waals surface area contributed by atoms with Crippen molar-refractivity contribution in [2.24, 2.45) is 5.10 Å². The Labute approximate surface area is 169 Å². The molecule has 2 aromatic carbocycles. The van der Waals surface area contributed by atoms with E-state index in [9.17, 15) is 13.2 Å². The van der Waals surface area contributed by atoms with Gasteiger partial charge in [-0.3, -0.25) is 9.10 Å². The van der Waals surface area contributed by atoms with Crippen LogP contribution in [0.15, 0.2) is 81.3 Å². The zero-order valence-electron chi connectivity index (χ0n) is 16.1. The van der Waals surface area contributed by atoms with Crippen LogP contribution in [0.3, 0.4) is 0 Å².